The molecule has 1 heterocycles. The van der Waals surface area contributed by atoms with Gasteiger partial charge in [0, 0.05) is 26.5 Å². The van der Waals surface area contributed by atoms with Crippen LogP contribution in [0.5, 0.6) is 5.75 Å². The molecule has 136 valence electrons. The number of ether oxygens (including phenoxy) is 1. The summed E-state index contributed by atoms with van der Waals surface area (Å²) in [6.45, 7) is 2.51. The summed E-state index contributed by atoms with van der Waals surface area (Å²) in [5.41, 5.74) is 1.75. The van der Waals surface area contributed by atoms with E-state index < -0.39 is 0 Å². The van der Waals surface area contributed by atoms with Crippen molar-refractivity contribution < 1.29 is 9.13 Å². The zero-order chi connectivity index (χ0) is 18.4. The molecule has 0 aliphatic rings. The van der Waals surface area contributed by atoms with Crippen molar-refractivity contribution >= 4 is 22.4 Å². The molecule has 0 bridgehead atoms. The van der Waals surface area contributed by atoms with Crippen LogP contribution < -0.4 is 20.3 Å². The van der Waals surface area contributed by atoms with Crippen LogP contribution in [0.25, 0.3) is 0 Å². The number of methoxy groups -OCH3 is 1. The number of nitrogens with one attached hydrogen (secondary N) is 2. The molecule has 2 aromatic rings. The van der Waals surface area contributed by atoms with E-state index in [1.807, 2.05) is 37.4 Å². The maximum absolute atomic E-state index is 13.9. The zero-order valence-electron chi connectivity index (χ0n) is 15.1. The molecule has 2 rings (SSSR count). The Morgan fingerprint density at radius 1 is 1.44 bits per heavy atom. The van der Waals surface area contributed by atoms with Gasteiger partial charge in [0.2, 0.25) is 0 Å². The second-order valence-electron chi connectivity index (χ2n) is 5.70. The summed E-state index contributed by atoms with van der Waals surface area (Å²) >= 11 is 1.59. The number of hydrogen-bond acceptors (Lipinski definition) is 5. The van der Waals surface area contributed by atoms with Crippen LogP contribution in [0.4, 0.5) is 9.52 Å². The van der Waals surface area contributed by atoms with Gasteiger partial charge in [0.15, 0.2) is 22.7 Å². The highest BCUT2D eigenvalue weighted by Crippen LogP contribution is 2.21. The quantitative estimate of drug-likeness (QED) is 0.609. The number of halogens is 1. The minimum Gasteiger partial charge on any atom is -0.494 e. The maximum atomic E-state index is 13.9. The lowest BCUT2D eigenvalue weighted by atomic mass is 10.1. The Balaban J connectivity index is 1.95. The van der Waals surface area contributed by atoms with Crippen LogP contribution >= 0.6 is 11.3 Å². The molecule has 2 N–H and O–H groups in total. The van der Waals surface area contributed by atoms with Gasteiger partial charge >= 0.3 is 0 Å². The molecule has 0 aliphatic carbocycles. The van der Waals surface area contributed by atoms with E-state index in [1.54, 1.807) is 24.5 Å². The first-order chi connectivity index (χ1) is 11.9. The molecular weight excluding hydrogens is 341 g/mol. The number of thiazole rings is 1. The first-order valence-electron chi connectivity index (χ1n) is 7.87. The Bertz CT molecular complexity index is 732. The number of guanidine groups is 1. The SMILES string of the molecule is CN=C(NCc1csc(N(C)C)n1)NC(C)c1ccc(OC)c(F)c1. The predicted molar refractivity (Wildman–Crippen MR) is 101 cm³/mol. The molecule has 1 aromatic carbocycles. The molecule has 0 aliphatic heterocycles. The van der Waals surface area contributed by atoms with Crippen molar-refractivity contribution in [3.63, 3.8) is 0 Å². The van der Waals surface area contributed by atoms with Crippen molar-refractivity contribution in [2.24, 2.45) is 4.99 Å². The van der Waals surface area contributed by atoms with Crippen LogP contribution in [-0.4, -0.2) is 39.2 Å². The summed E-state index contributed by atoms with van der Waals surface area (Å²) in [6.07, 6.45) is 0. The summed E-state index contributed by atoms with van der Waals surface area (Å²) in [5, 5.41) is 9.44. The monoisotopic (exact) mass is 365 g/mol. The normalized spacial score (nSPS) is 12.6. The molecule has 25 heavy (non-hydrogen) atoms. The third-order valence-electron chi connectivity index (χ3n) is 3.61. The third-order valence-corrected chi connectivity index (χ3v) is 4.67. The van der Waals surface area contributed by atoms with E-state index in [0.29, 0.717) is 12.5 Å². The van der Waals surface area contributed by atoms with E-state index in [-0.39, 0.29) is 17.6 Å². The molecule has 8 heteroatoms. The first kappa shape index (κ1) is 19.0. The van der Waals surface area contributed by atoms with E-state index in [2.05, 4.69) is 20.6 Å². The lowest BCUT2D eigenvalue weighted by Gasteiger charge is -2.18. The number of nitrogens with zero attached hydrogens (tertiary/aromatic N) is 3. The Kier molecular flexibility index (Phi) is 6.58. The van der Waals surface area contributed by atoms with E-state index in [4.69, 9.17) is 4.74 Å². The van der Waals surface area contributed by atoms with Crippen molar-refractivity contribution in [1.29, 1.82) is 0 Å². The Labute approximate surface area is 151 Å². The minimum absolute atomic E-state index is 0.112. The minimum atomic E-state index is -0.379. The molecule has 0 radical (unpaired) electrons. The average molecular weight is 365 g/mol. The number of anilines is 1. The van der Waals surface area contributed by atoms with Gasteiger partial charge < -0.3 is 20.3 Å². The summed E-state index contributed by atoms with van der Waals surface area (Å²) in [4.78, 5) is 10.7. The standard InChI is InChI=1S/C17H24FN5OS/c1-11(12-6-7-15(24-5)14(18)8-12)21-16(19-2)20-9-13-10-25-17(22-13)23(3)4/h6-8,10-11H,9H2,1-5H3,(H2,19,20,21). The number of rotatable bonds is 6. The van der Waals surface area contributed by atoms with E-state index in [0.717, 1.165) is 16.4 Å². The zero-order valence-corrected chi connectivity index (χ0v) is 15.9. The largest absolute Gasteiger partial charge is 0.494 e. The van der Waals surface area contributed by atoms with Gasteiger partial charge in [0.05, 0.1) is 25.4 Å². The first-order valence-corrected chi connectivity index (χ1v) is 8.75. The van der Waals surface area contributed by atoms with Gasteiger partial charge in [-0.15, -0.1) is 11.3 Å². The van der Waals surface area contributed by atoms with Gasteiger partial charge in [-0.3, -0.25) is 4.99 Å². The van der Waals surface area contributed by atoms with Crippen LogP contribution in [0.3, 0.4) is 0 Å². The molecular formula is C17H24FN5OS. The molecule has 0 fully saturated rings. The highest BCUT2D eigenvalue weighted by atomic mass is 32.1. The van der Waals surface area contributed by atoms with Gasteiger partial charge in [-0.2, -0.15) is 0 Å². The Morgan fingerprint density at radius 2 is 2.20 bits per heavy atom. The average Bonchev–Trinajstić information content (AvgIpc) is 3.07. The van der Waals surface area contributed by atoms with Crippen molar-refractivity contribution in [3.05, 3.63) is 40.7 Å². The van der Waals surface area contributed by atoms with Crippen LogP contribution in [0, 0.1) is 5.82 Å². The fraction of sp³-hybridized carbons (Fsp3) is 0.412. The summed E-state index contributed by atoms with van der Waals surface area (Å²) < 4.78 is 18.8. The van der Waals surface area contributed by atoms with E-state index in [1.165, 1.54) is 13.2 Å². The fourth-order valence-corrected chi connectivity index (χ4v) is 2.95. The van der Waals surface area contributed by atoms with Gasteiger partial charge in [-0.05, 0) is 24.6 Å². The summed E-state index contributed by atoms with van der Waals surface area (Å²) in [6, 6.07) is 4.81. The van der Waals surface area contributed by atoms with Crippen molar-refractivity contribution in [2.75, 3.05) is 33.2 Å². The van der Waals surface area contributed by atoms with Crippen LogP contribution in [0.1, 0.15) is 24.2 Å². The van der Waals surface area contributed by atoms with Gasteiger partial charge in [-0.25, -0.2) is 9.37 Å². The third kappa shape index (κ3) is 5.06. The second kappa shape index (κ2) is 8.66. The molecule has 6 nitrogen and oxygen atoms in total. The summed E-state index contributed by atoms with van der Waals surface area (Å²) in [5.74, 6) is 0.483. The van der Waals surface area contributed by atoms with Gasteiger partial charge in [0.1, 0.15) is 0 Å². The molecule has 1 atom stereocenters. The summed E-state index contributed by atoms with van der Waals surface area (Å²) in [7, 11) is 7.08. The number of aliphatic imine (C=N–C) groups is 1. The molecule has 0 saturated carbocycles. The predicted octanol–water partition coefficient (Wildman–Crippen LogP) is 2.78. The van der Waals surface area contributed by atoms with Gasteiger partial charge in [-0.1, -0.05) is 6.07 Å². The lowest BCUT2D eigenvalue weighted by molar-refractivity contribution is 0.386. The molecule has 1 aromatic heterocycles. The lowest BCUT2D eigenvalue weighted by Crippen LogP contribution is -2.38. The highest BCUT2D eigenvalue weighted by Gasteiger charge is 2.12. The Morgan fingerprint density at radius 3 is 2.76 bits per heavy atom. The van der Waals surface area contributed by atoms with Gasteiger partial charge in [0.25, 0.3) is 0 Å². The van der Waals surface area contributed by atoms with Crippen LogP contribution in [0.2, 0.25) is 0 Å². The second-order valence-corrected chi connectivity index (χ2v) is 6.54. The maximum Gasteiger partial charge on any atom is 0.191 e. The molecule has 0 saturated heterocycles. The molecule has 1 unspecified atom stereocenters. The van der Waals surface area contributed by atoms with Crippen molar-refractivity contribution in [1.82, 2.24) is 15.6 Å². The highest BCUT2D eigenvalue weighted by molar-refractivity contribution is 7.13. The topological polar surface area (TPSA) is 61.8 Å². The van der Waals surface area contributed by atoms with Crippen molar-refractivity contribution in [2.45, 2.75) is 19.5 Å². The number of aromatic nitrogens is 1. The number of benzene rings is 1. The fourth-order valence-electron chi connectivity index (χ4n) is 2.19. The van der Waals surface area contributed by atoms with E-state index >= 15 is 0 Å². The van der Waals surface area contributed by atoms with Crippen LogP contribution in [0.15, 0.2) is 28.6 Å². The van der Waals surface area contributed by atoms with Crippen LogP contribution in [-0.2, 0) is 6.54 Å². The molecule has 0 spiro atoms. The number of hydrogen-bond donors (Lipinski definition) is 2. The van der Waals surface area contributed by atoms with Crippen molar-refractivity contribution in [3.8, 4) is 5.75 Å². The smallest absolute Gasteiger partial charge is 0.191 e. The Hall–Kier alpha value is -2.35. The van der Waals surface area contributed by atoms with E-state index in [9.17, 15) is 4.39 Å². The molecule has 0 amide bonds.